The maximum Gasteiger partial charge on any atom is 0.265 e. The molecule has 2 aromatic rings. The van der Waals surface area contributed by atoms with E-state index >= 15 is 0 Å². The van der Waals surface area contributed by atoms with E-state index in [0.29, 0.717) is 36.6 Å². The Hall–Kier alpha value is -3.27. The van der Waals surface area contributed by atoms with Gasteiger partial charge in [0, 0.05) is 30.4 Å². The summed E-state index contributed by atoms with van der Waals surface area (Å²) in [5.74, 6) is 0.0233. The maximum absolute atomic E-state index is 13.1. The quantitative estimate of drug-likeness (QED) is 0.588. The fourth-order valence-electron chi connectivity index (χ4n) is 3.83. The Labute approximate surface area is 200 Å². The monoisotopic (exact) mass is 489 g/mol. The molecular weight excluding hydrogens is 458 g/mol. The number of methoxy groups -OCH3 is 2. The number of amides is 2. The second kappa shape index (κ2) is 10.8. The van der Waals surface area contributed by atoms with E-state index in [4.69, 9.17) is 9.47 Å². The van der Waals surface area contributed by atoms with Gasteiger partial charge in [0.05, 0.1) is 20.1 Å². The number of rotatable bonds is 8. The van der Waals surface area contributed by atoms with Gasteiger partial charge in [-0.1, -0.05) is 13.8 Å². The summed E-state index contributed by atoms with van der Waals surface area (Å²) >= 11 is 0. The summed E-state index contributed by atoms with van der Waals surface area (Å²) in [6.07, 6.45) is 1.40. The molecule has 1 aliphatic heterocycles. The first-order valence-corrected chi connectivity index (χ1v) is 12.6. The number of carbonyl (C=O) groups is 2. The molecule has 2 aromatic carbocycles. The Morgan fingerprint density at radius 3 is 2.32 bits per heavy atom. The maximum atomic E-state index is 13.1. The summed E-state index contributed by atoms with van der Waals surface area (Å²) in [4.78, 5) is 26.9. The SMILES string of the molecule is COc1ccc(NS(=O)(=O)c2cc(NC(=O)C3CCCN(C(=O)C(C)C)C3)ccc2OC)cc1. The molecule has 1 saturated heterocycles. The summed E-state index contributed by atoms with van der Waals surface area (Å²) < 4.78 is 39.0. The van der Waals surface area contributed by atoms with Crippen LogP contribution in [0.25, 0.3) is 0 Å². The molecule has 0 saturated carbocycles. The molecule has 1 fully saturated rings. The lowest BCUT2D eigenvalue weighted by atomic mass is 9.96. The van der Waals surface area contributed by atoms with Crippen molar-refractivity contribution in [2.45, 2.75) is 31.6 Å². The third-order valence-electron chi connectivity index (χ3n) is 5.66. The van der Waals surface area contributed by atoms with Crippen molar-refractivity contribution in [2.75, 3.05) is 37.3 Å². The molecule has 1 unspecified atom stereocenters. The number of ether oxygens (including phenoxy) is 2. The number of hydrogen-bond donors (Lipinski definition) is 2. The first-order chi connectivity index (χ1) is 16.1. The molecule has 3 rings (SSSR count). The van der Waals surface area contributed by atoms with Crippen LogP contribution in [0.15, 0.2) is 47.4 Å². The van der Waals surface area contributed by atoms with Crippen LogP contribution in [0.3, 0.4) is 0 Å². The Bertz CT molecular complexity index is 1130. The highest BCUT2D eigenvalue weighted by Crippen LogP contribution is 2.30. The molecule has 9 nitrogen and oxygen atoms in total. The number of likely N-dealkylation sites (tertiary alicyclic amines) is 1. The molecule has 0 aromatic heterocycles. The number of sulfonamides is 1. The molecule has 0 bridgehead atoms. The van der Waals surface area contributed by atoms with Crippen LogP contribution < -0.4 is 19.5 Å². The van der Waals surface area contributed by atoms with Crippen LogP contribution in [0.5, 0.6) is 11.5 Å². The van der Waals surface area contributed by atoms with Gasteiger partial charge in [-0.3, -0.25) is 14.3 Å². The van der Waals surface area contributed by atoms with E-state index < -0.39 is 10.0 Å². The summed E-state index contributed by atoms with van der Waals surface area (Å²) in [6.45, 7) is 4.67. The van der Waals surface area contributed by atoms with Crippen LogP contribution in [0.1, 0.15) is 26.7 Å². The predicted molar refractivity (Wildman–Crippen MR) is 130 cm³/mol. The Balaban J connectivity index is 1.77. The zero-order valence-electron chi connectivity index (χ0n) is 19.8. The highest BCUT2D eigenvalue weighted by atomic mass is 32.2. The van der Waals surface area contributed by atoms with Crippen molar-refractivity contribution in [3.05, 3.63) is 42.5 Å². The smallest absolute Gasteiger partial charge is 0.265 e. The van der Waals surface area contributed by atoms with Crippen molar-refractivity contribution in [1.82, 2.24) is 4.90 Å². The standard InChI is InChI=1S/C24H31N3O6S/c1-16(2)24(29)27-13-5-6-17(15-27)23(28)25-19-9-12-21(33-4)22(14-19)34(30,31)26-18-7-10-20(32-3)11-8-18/h7-12,14,16-17,26H,5-6,13,15H2,1-4H3,(H,25,28). The van der Waals surface area contributed by atoms with E-state index in [1.807, 2.05) is 13.8 Å². The van der Waals surface area contributed by atoms with Crippen LogP contribution in [-0.2, 0) is 19.6 Å². The summed E-state index contributed by atoms with van der Waals surface area (Å²) in [6, 6.07) is 10.9. The van der Waals surface area contributed by atoms with Gasteiger partial charge in [-0.25, -0.2) is 8.42 Å². The van der Waals surface area contributed by atoms with Crippen LogP contribution in [-0.4, -0.2) is 52.4 Å². The van der Waals surface area contributed by atoms with E-state index in [-0.39, 0.29) is 34.3 Å². The molecule has 2 N–H and O–H groups in total. The number of piperidine rings is 1. The topological polar surface area (TPSA) is 114 Å². The lowest BCUT2D eigenvalue weighted by Gasteiger charge is -2.33. The number of anilines is 2. The van der Waals surface area contributed by atoms with Crippen molar-refractivity contribution in [3.63, 3.8) is 0 Å². The zero-order chi connectivity index (χ0) is 24.9. The minimum atomic E-state index is -4.01. The van der Waals surface area contributed by atoms with Gasteiger partial charge in [-0.2, -0.15) is 0 Å². The molecule has 1 heterocycles. The molecule has 0 aliphatic carbocycles. The molecule has 0 spiro atoms. The number of benzene rings is 2. The second-order valence-electron chi connectivity index (χ2n) is 8.47. The summed E-state index contributed by atoms with van der Waals surface area (Å²) in [7, 11) is -1.11. The molecule has 34 heavy (non-hydrogen) atoms. The fraction of sp³-hybridized carbons (Fsp3) is 0.417. The van der Waals surface area contributed by atoms with Gasteiger partial charge in [0.15, 0.2) is 0 Å². The van der Waals surface area contributed by atoms with Crippen LogP contribution >= 0.6 is 0 Å². The van der Waals surface area contributed by atoms with Crippen LogP contribution in [0, 0.1) is 11.8 Å². The van der Waals surface area contributed by atoms with Crippen molar-refractivity contribution < 1.29 is 27.5 Å². The molecular formula is C24H31N3O6S. The normalized spacial score (nSPS) is 16.1. The number of nitrogens with one attached hydrogen (secondary N) is 2. The molecule has 0 radical (unpaired) electrons. The first kappa shape index (κ1) is 25.4. The summed E-state index contributed by atoms with van der Waals surface area (Å²) in [5, 5.41) is 2.80. The Kier molecular flexibility index (Phi) is 8.03. The molecule has 10 heteroatoms. The summed E-state index contributed by atoms with van der Waals surface area (Å²) in [5.41, 5.74) is 0.683. The molecule has 1 atom stereocenters. The second-order valence-corrected chi connectivity index (χ2v) is 10.1. The number of nitrogens with zero attached hydrogens (tertiary/aromatic N) is 1. The average Bonchev–Trinajstić information content (AvgIpc) is 2.83. The van der Waals surface area contributed by atoms with E-state index in [0.717, 1.165) is 6.42 Å². The first-order valence-electron chi connectivity index (χ1n) is 11.1. The number of carbonyl (C=O) groups excluding carboxylic acids is 2. The largest absolute Gasteiger partial charge is 0.497 e. The lowest BCUT2D eigenvalue weighted by Crippen LogP contribution is -2.45. The number of hydrogen-bond acceptors (Lipinski definition) is 6. The van der Waals surface area contributed by atoms with Gasteiger partial charge >= 0.3 is 0 Å². The Morgan fingerprint density at radius 2 is 1.71 bits per heavy atom. The minimum absolute atomic E-state index is 0.0277. The minimum Gasteiger partial charge on any atom is -0.497 e. The van der Waals surface area contributed by atoms with E-state index in [1.54, 1.807) is 35.2 Å². The highest BCUT2D eigenvalue weighted by molar-refractivity contribution is 7.92. The lowest BCUT2D eigenvalue weighted by molar-refractivity contribution is -0.137. The van der Waals surface area contributed by atoms with Crippen molar-refractivity contribution >= 4 is 33.2 Å². The third kappa shape index (κ3) is 5.99. The van der Waals surface area contributed by atoms with Gasteiger partial charge in [-0.05, 0) is 55.3 Å². The van der Waals surface area contributed by atoms with Crippen molar-refractivity contribution in [2.24, 2.45) is 11.8 Å². The van der Waals surface area contributed by atoms with Gasteiger partial charge in [0.25, 0.3) is 10.0 Å². The van der Waals surface area contributed by atoms with Crippen molar-refractivity contribution in [1.29, 1.82) is 0 Å². The predicted octanol–water partition coefficient (Wildman–Crippen LogP) is 3.34. The van der Waals surface area contributed by atoms with E-state index in [9.17, 15) is 18.0 Å². The molecule has 1 aliphatic rings. The highest BCUT2D eigenvalue weighted by Gasteiger charge is 2.30. The van der Waals surface area contributed by atoms with Crippen LogP contribution in [0.4, 0.5) is 11.4 Å². The zero-order valence-corrected chi connectivity index (χ0v) is 20.6. The van der Waals surface area contributed by atoms with Gasteiger partial charge < -0.3 is 19.7 Å². The fourth-order valence-corrected chi connectivity index (χ4v) is 5.09. The van der Waals surface area contributed by atoms with E-state index in [2.05, 4.69) is 10.0 Å². The van der Waals surface area contributed by atoms with Crippen molar-refractivity contribution in [3.8, 4) is 11.5 Å². The third-order valence-corrected chi connectivity index (χ3v) is 7.06. The van der Waals surface area contributed by atoms with Gasteiger partial charge in [0.2, 0.25) is 11.8 Å². The van der Waals surface area contributed by atoms with Crippen LogP contribution in [0.2, 0.25) is 0 Å². The van der Waals surface area contributed by atoms with Gasteiger partial charge in [0.1, 0.15) is 16.4 Å². The molecule has 2 amide bonds. The van der Waals surface area contributed by atoms with E-state index in [1.165, 1.54) is 26.4 Å². The Morgan fingerprint density at radius 1 is 1.03 bits per heavy atom. The average molecular weight is 490 g/mol. The molecule has 184 valence electrons. The van der Waals surface area contributed by atoms with Gasteiger partial charge in [-0.15, -0.1) is 0 Å².